The highest BCUT2D eigenvalue weighted by Crippen LogP contribution is 2.28. The highest BCUT2D eigenvalue weighted by molar-refractivity contribution is 5.63. The number of nitrogens with one attached hydrogen (secondary N) is 2. The molecule has 16 heavy (non-hydrogen) atoms. The molecule has 90 valence electrons. The van der Waals surface area contributed by atoms with E-state index < -0.39 is 0 Å². The van der Waals surface area contributed by atoms with Gasteiger partial charge in [-0.25, -0.2) is 15.8 Å². The molecule has 1 atom stereocenters. The van der Waals surface area contributed by atoms with Gasteiger partial charge in [0.1, 0.15) is 6.33 Å². The van der Waals surface area contributed by atoms with E-state index in [2.05, 4.69) is 34.6 Å². The zero-order chi connectivity index (χ0) is 12.0. The van der Waals surface area contributed by atoms with E-state index in [-0.39, 0.29) is 0 Å². The zero-order valence-corrected chi connectivity index (χ0v) is 9.95. The number of rotatable bonds is 6. The number of anilines is 2. The van der Waals surface area contributed by atoms with Crippen molar-refractivity contribution in [2.45, 2.75) is 32.7 Å². The van der Waals surface area contributed by atoms with E-state index in [1.807, 2.05) is 0 Å². The van der Waals surface area contributed by atoms with Gasteiger partial charge in [0, 0.05) is 6.04 Å². The lowest BCUT2D eigenvalue weighted by Crippen LogP contribution is -2.18. The molecule has 1 aromatic rings. The van der Waals surface area contributed by atoms with Crippen molar-refractivity contribution in [1.29, 1.82) is 0 Å². The Bertz CT molecular complexity index is 331. The smallest absolute Gasteiger partial charge is 0.205 e. The molecule has 0 spiro atoms. The van der Waals surface area contributed by atoms with Crippen LogP contribution in [0, 0.1) is 0 Å². The predicted octanol–water partition coefficient (Wildman–Crippen LogP) is 1.37. The van der Waals surface area contributed by atoms with Gasteiger partial charge in [0.2, 0.25) is 5.75 Å². The Kier molecular flexibility index (Phi) is 4.78. The van der Waals surface area contributed by atoms with Crippen molar-refractivity contribution in [1.82, 2.24) is 9.97 Å². The number of nitrogen functional groups attached to an aromatic ring is 1. The predicted molar refractivity (Wildman–Crippen MR) is 64.4 cm³/mol. The number of hydrogen-bond acceptors (Lipinski definition) is 6. The van der Waals surface area contributed by atoms with E-state index in [0.29, 0.717) is 23.4 Å². The van der Waals surface area contributed by atoms with Crippen LogP contribution in [0.1, 0.15) is 26.7 Å². The van der Waals surface area contributed by atoms with Crippen LogP contribution in [0.5, 0.6) is 5.75 Å². The maximum absolute atomic E-state index is 5.34. The molecule has 1 rings (SSSR count). The van der Waals surface area contributed by atoms with E-state index in [9.17, 15) is 0 Å². The maximum atomic E-state index is 5.34. The van der Waals surface area contributed by atoms with Crippen molar-refractivity contribution in [3.63, 3.8) is 0 Å². The van der Waals surface area contributed by atoms with E-state index in [1.54, 1.807) is 7.11 Å². The Morgan fingerprint density at radius 1 is 1.44 bits per heavy atom. The lowest BCUT2D eigenvalue weighted by Gasteiger charge is -2.16. The first-order chi connectivity index (χ1) is 7.72. The average Bonchev–Trinajstić information content (AvgIpc) is 2.29. The van der Waals surface area contributed by atoms with Crippen LogP contribution in [0.15, 0.2) is 6.33 Å². The number of ether oxygens (including phenoxy) is 1. The van der Waals surface area contributed by atoms with Gasteiger partial charge in [0.05, 0.1) is 7.11 Å². The van der Waals surface area contributed by atoms with Crippen LogP contribution >= 0.6 is 0 Å². The summed E-state index contributed by atoms with van der Waals surface area (Å²) in [4.78, 5) is 8.11. The van der Waals surface area contributed by atoms with Gasteiger partial charge in [-0.2, -0.15) is 0 Å². The molecule has 4 N–H and O–H groups in total. The minimum Gasteiger partial charge on any atom is -0.490 e. The molecule has 0 amide bonds. The van der Waals surface area contributed by atoms with Crippen LogP contribution in [0.2, 0.25) is 0 Å². The largest absolute Gasteiger partial charge is 0.490 e. The highest BCUT2D eigenvalue weighted by Gasteiger charge is 2.12. The molecule has 1 heterocycles. The zero-order valence-electron chi connectivity index (χ0n) is 9.95. The number of nitrogens with two attached hydrogens (primary N) is 1. The molecule has 1 aromatic heterocycles. The molecule has 0 aliphatic heterocycles. The summed E-state index contributed by atoms with van der Waals surface area (Å²) in [5, 5.41) is 3.27. The third-order valence-electron chi connectivity index (χ3n) is 2.25. The number of hydrogen-bond donors (Lipinski definition) is 3. The van der Waals surface area contributed by atoms with Crippen LogP contribution in [-0.2, 0) is 0 Å². The van der Waals surface area contributed by atoms with Crippen LogP contribution in [0.25, 0.3) is 0 Å². The number of methoxy groups -OCH3 is 1. The van der Waals surface area contributed by atoms with Crippen molar-refractivity contribution < 1.29 is 4.74 Å². The minimum atomic E-state index is 0.333. The Morgan fingerprint density at radius 3 is 2.69 bits per heavy atom. The second-order valence-electron chi connectivity index (χ2n) is 3.58. The summed E-state index contributed by atoms with van der Waals surface area (Å²) in [5.74, 6) is 7.01. The molecular weight excluding hydrogens is 206 g/mol. The monoisotopic (exact) mass is 225 g/mol. The number of hydrazine groups is 1. The molecule has 6 nitrogen and oxygen atoms in total. The normalized spacial score (nSPS) is 12.0. The van der Waals surface area contributed by atoms with Gasteiger partial charge in [-0.05, 0) is 13.3 Å². The molecule has 0 aromatic carbocycles. The first-order valence-corrected chi connectivity index (χ1v) is 5.35. The van der Waals surface area contributed by atoms with Crippen molar-refractivity contribution in [2.24, 2.45) is 5.84 Å². The topological polar surface area (TPSA) is 85.1 Å². The van der Waals surface area contributed by atoms with E-state index >= 15 is 0 Å². The van der Waals surface area contributed by atoms with Gasteiger partial charge in [0.25, 0.3) is 0 Å². The van der Waals surface area contributed by atoms with Gasteiger partial charge in [-0.15, -0.1) is 0 Å². The molecule has 0 radical (unpaired) electrons. The number of aromatic nitrogens is 2. The molecule has 0 aliphatic rings. The highest BCUT2D eigenvalue weighted by atomic mass is 16.5. The lowest BCUT2D eigenvalue weighted by atomic mass is 10.2. The molecule has 6 heteroatoms. The summed E-state index contributed by atoms with van der Waals surface area (Å²) < 4.78 is 5.22. The maximum Gasteiger partial charge on any atom is 0.205 e. The molecule has 0 fully saturated rings. The van der Waals surface area contributed by atoms with Crippen molar-refractivity contribution in [3.8, 4) is 5.75 Å². The summed E-state index contributed by atoms with van der Waals surface area (Å²) in [7, 11) is 1.56. The first-order valence-electron chi connectivity index (χ1n) is 5.35. The fraction of sp³-hybridized carbons (Fsp3) is 0.600. The van der Waals surface area contributed by atoms with Gasteiger partial charge < -0.3 is 15.5 Å². The standard InChI is InChI=1S/C10H19N5O/c1-4-5-7(2)14-9-8(16-3)10(15-11)13-6-12-9/h6-7H,4-5,11H2,1-3H3,(H2,12,13,14,15). The van der Waals surface area contributed by atoms with E-state index in [4.69, 9.17) is 10.6 Å². The average molecular weight is 225 g/mol. The molecule has 1 unspecified atom stereocenters. The summed E-state index contributed by atoms with van der Waals surface area (Å²) in [6.07, 6.45) is 3.63. The van der Waals surface area contributed by atoms with Crippen LogP contribution in [0.3, 0.4) is 0 Å². The van der Waals surface area contributed by atoms with Crippen LogP contribution in [-0.4, -0.2) is 23.1 Å². The fourth-order valence-corrected chi connectivity index (χ4v) is 1.51. The van der Waals surface area contributed by atoms with E-state index in [0.717, 1.165) is 12.8 Å². The third kappa shape index (κ3) is 2.96. The third-order valence-corrected chi connectivity index (χ3v) is 2.25. The van der Waals surface area contributed by atoms with Gasteiger partial charge >= 0.3 is 0 Å². The SMILES string of the molecule is CCCC(C)Nc1ncnc(NN)c1OC. The quantitative estimate of drug-likeness (QED) is 0.501. The summed E-state index contributed by atoms with van der Waals surface area (Å²) in [5.41, 5.74) is 2.48. The Labute approximate surface area is 95.6 Å². The first kappa shape index (κ1) is 12.5. The number of nitrogens with zero attached hydrogens (tertiary/aromatic N) is 2. The van der Waals surface area contributed by atoms with Gasteiger partial charge in [0.15, 0.2) is 11.6 Å². The molecular formula is C10H19N5O. The van der Waals surface area contributed by atoms with Crippen molar-refractivity contribution in [3.05, 3.63) is 6.33 Å². The molecule has 0 saturated heterocycles. The van der Waals surface area contributed by atoms with Crippen molar-refractivity contribution in [2.75, 3.05) is 17.9 Å². The summed E-state index contributed by atoms with van der Waals surface area (Å²) in [6, 6.07) is 0.333. The van der Waals surface area contributed by atoms with E-state index in [1.165, 1.54) is 6.33 Å². The fourth-order valence-electron chi connectivity index (χ4n) is 1.51. The Morgan fingerprint density at radius 2 is 2.12 bits per heavy atom. The van der Waals surface area contributed by atoms with Gasteiger partial charge in [-0.1, -0.05) is 13.3 Å². The molecule has 0 saturated carbocycles. The van der Waals surface area contributed by atoms with Crippen LogP contribution in [0.4, 0.5) is 11.6 Å². The second kappa shape index (κ2) is 6.12. The molecule has 0 aliphatic carbocycles. The van der Waals surface area contributed by atoms with Crippen LogP contribution < -0.4 is 21.3 Å². The molecule has 0 bridgehead atoms. The van der Waals surface area contributed by atoms with Gasteiger partial charge in [-0.3, -0.25) is 0 Å². The summed E-state index contributed by atoms with van der Waals surface area (Å²) >= 11 is 0. The Balaban J connectivity index is 2.86. The Hall–Kier alpha value is -1.56. The van der Waals surface area contributed by atoms with Crippen molar-refractivity contribution >= 4 is 11.6 Å². The minimum absolute atomic E-state index is 0.333. The lowest BCUT2D eigenvalue weighted by molar-refractivity contribution is 0.414. The second-order valence-corrected chi connectivity index (χ2v) is 3.58. The summed E-state index contributed by atoms with van der Waals surface area (Å²) in [6.45, 7) is 4.24.